The van der Waals surface area contributed by atoms with Gasteiger partial charge in [-0.2, -0.15) is 18.2 Å². The van der Waals surface area contributed by atoms with Gasteiger partial charge in [-0.15, -0.1) is 47.5 Å². The van der Waals surface area contributed by atoms with E-state index in [4.69, 9.17) is 15.1 Å². The number of carboxylic acid groups (broad SMARTS) is 1. The Morgan fingerprint density at radius 1 is 0.625 bits per heavy atom. The summed E-state index contributed by atoms with van der Waals surface area (Å²) in [4.78, 5) is 26.3. The molecular weight excluding hydrogens is 773 g/mol. The number of anilines is 3. The molecule has 7 aromatic rings. The second kappa shape index (κ2) is 14.3. The summed E-state index contributed by atoms with van der Waals surface area (Å²) < 4.78 is 0. The molecule has 1 N–H and O–H groups in total. The van der Waals surface area contributed by atoms with Gasteiger partial charge in [-0.1, -0.05) is 66.4 Å². The van der Waals surface area contributed by atoms with Crippen molar-refractivity contribution in [1.82, 2.24) is 15.0 Å². The third-order valence-corrected chi connectivity index (χ3v) is 8.06. The summed E-state index contributed by atoms with van der Waals surface area (Å²) in [6.45, 7) is 0. The minimum atomic E-state index is -0.990. The predicted octanol–water partition coefficient (Wildman–Crippen LogP) is 8.69. The largest absolute Gasteiger partial charge is 0.477 e. The van der Waals surface area contributed by atoms with Gasteiger partial charge in [0.05, 0.1) is 11.1 Å². The summed E-state index contributed by atoms with van der Waals surface area (Å²) in [5.74, 6) is -0.990. The van der Waals surface area contributed by atoms with Crippen LogP contribution in [0, 0.1) is 12.1 Å². The van der Waals surface area contributed by atoms with E-state index in [1.807, 2.05) is 60.8 Å². The molecule has 8 rings (SSSR count). The number of nitrogens with zero attached hydrogens (tertiary/aromatic N) is 4. The van der Waals surface area contributed by atoms with Crippen molar-refractivity contribution < 1.29 is 30.0 Å². The molecule has 1 radical (unpaired) electrons. The number of carboxylic acids is 1. The fourth-order valence-electron chi connectivity index (χ4n) is 6.10. The fraction of sp³-hybridized carbons (Fsp3) is 0.0244. The van der Waals surface area contributed by atoms with Crippen molar-refractivity contribution in [2.75, 3.05) is 4.90 Å². The molecule has 0 amide bonds. The van der Waals surface area contributed by atoms with Crippen molar-refractivity contribution in [3.63, 3.8) is 0 Å². The molecule has 0 unspecified atom stereocenters. The SMILES string of the molecule is O=C(O)c1ccccn1.[Ir].[c-]1ccccc1-c1cccc([C@]2(c3ccccn3)c3[c-]cccc3N(c3ccccc3)c3ccccc32)n1. The number of hydrogen-bond donors (Lipinski definition) is 1. The van der Waals surface area contributed by atoms with Gasteiger partial charge < -0.3 is 10.0 Å². The third-order valence-electron chi connectivity index (χ3n) is 8.06. The Labute approximate surface area is 292 Å². The molecule has 4 heterocycles. The molecule has 6 nitrogen and oxygen atoms in total. The number of rotatable bonds is 5. The van der Waals surface area contributed by atoms with Crippen LogP contribution < -0.4 is 4.90 Å². The van der Waals surface area contributed by atoms with E-state index >= 15 is 0 Å². The maximum Gasteiger partial charge on any atom is 0.354 e. The molecule has 48 heavy (non-hydrogen) atoms. The first kappa shape index (κ1) is 32.2. The van der Waals surface area contributed by atoms with Crippen LogP contribution in [0.25, 0.3) is 11.3 Å². The van der Waals surface area contributed by atoms with E-state index in [9.17, 15) is 4.79 Å². The Bertz CT molecular complexity index is 2080. The van der Waals surface area contributed by atoms with E-state index < -0.39 is 11.4 Å². The molecule has 235 valence electrons. The number of para-hydroxylation sites is 2. The van der Waals surface area contributed by atoms with Gasteiger partial charge in [0, 0.05) is 49.6 Å². The second-order valence-corrected chi connectivity index (χ2v) is 10.8. The Kier molecular flexibility index (Phi) is 9.62. The monoisotopic (exact) mass is 801 g/mol. The molecule has 1 aliphatic rings. The van der Waals surface area contributed by atoms with Gasteiger partial charge in [-0.3, -0.25) is 9.97 Å². The summed E-state index contributed by atoms with van der Waals surface area (Å²) in [7, 11) is 0. The van der Waals surface area contributed by atoms with Crippen molar-refractivity contribution in [1.29, 1.82) is 0 Å². The van der Waals surface area contributed by atoms with Crippen LogP contribution in [0.1, 0.15) is 33.0 Å². The van der Waals surface area contributed by atoms with Crippen molar-refractivity contribution in [2.24, 2.45) is 0 Å². The average molecular weight is 801 g/mol. The Morgan fingerprint density at radius 2 is 1.31 bits per heavy atom. The summed E-state index contributed by atoms with van der Waals surface area (Å²) in [5, 5.41) is 8.32. The van der Waals surface area contributed by atoms with Crippen LogP contribution in [0.4, 0.5) is 17.1 Å². The number of fused-ring (bicyclic) bond motifs is 2. The molecule has 4 aromatic carbocycles. The molecule has 1 atom stereocenters. The van der Waals surface area contributed by atoms with Crippen molar-refractivity contribution in [3.05, 3.63) is 204 Å². The third kappa shape index (κ3) is 5.93. The van der Waals surface area contributed by atoms with Crippen LogP contribution in [0.2, 0.25) is 0 Å². The number of benzene rings is 4. The van der Waals surface area contributed by atoms with E-state index in [0.717, 1.165) is 50.8 Å². The Morgan fingerprint density at radius 3 is 2.02 bits per heavy atom. The zero-order valence-corrected chi connectivity index (χ0v) is 28.0. The number of carbonyl (C=O) groups is 1. The average Bonchev–Trinajstić information content (AvgIpc) is 3.15. The van der Waals surface area contributed by atoms with E-state index in [-0.39, 0.29) is 25.8 Å². The molecule has 3 aromatic heterocycles. The summed E-state index contributed by atoms with van der Waals surface area (Å²) in [6.07, 6.45) is 3.31. The first-order valence-corrected chi connectivity index (χ1v) is 15.1. The van der Waals surface area contributed by atoms with Gasteiger partial charge in [0.15, 0.2) is 0 Å². The van der Waals surface area contributed by atoms with Crippen LogP contribution in [0.5, 0.6) is 0 Å². The van der Waals surface area contributed by atoms with Gasteiger partial charge in [0.25, 0.3) is 0 Å². The minimum Gasteiger partial charge on any atom is -0.477 e. The molecule has 0 saturated heterocycles. The summed E-state index contributed by atoms with van der Waals surface area (Å²) >= 11 is 0. The summed E-state index contributed by atoms with van der Waals surface area (Å²) in [6, 6.07) is 57.3. The molecular formula is C41H28IrN4O2-2. The minimum absolute atomic E-state index is 0. The van der Waals surface area contributed by atoms with Crippen molar-refractivity contribution in [3.8, 4) is 11.3 Å². The van der Waals surface area contributed by atoms with E-state index in [1.54, 1.807) is 12.1 Å². The van der Waals surface area contributed by atoms with Crippen LogP contribution in [0.3, 0.4) is 0 Å². The standard InChI is InChI=1S/C35H23N3.C6H5NO2.Ir/c1-3-14-26(15-4-1)30-20-13-24-34(37-30)35(33-23-11-12-25-36-33)28-18-7-9-21-31(28)38(27-16-5-2-6-17-27)32-22-10-8-19-29(32)35;8-6(9)5-3-1-2-4-7-5;/h1-14,16-18,20-25H;1-4H,(H,8,9);/q-2;;/t35-;;/m0../s1. The zero-order chi connectivity index (χ0) is 32.1. The molecule has 0 spiro atoms. The van der Waals surface area contributed by atoms with Crippen molar-refractivity contribution in [2.45, 2.75) is 5.41 Å². The number of aromatic nitrogens is 3. The number of pyridine rings is 3. The quantitative estimate of drug-likeness (QED) is 0.176. The van der Waals surface area contributed by atoms with Crippen LogP contribution in [-0.2, 0) is 25.5 Å². The first-order valence-electron chi connectivity index (χ1n) is 15.1. The molecule has 0 fully saturated rings. The van der Waals surface area contributed by atoms with Gasteiger partial charge in [0.2, 0.25) is 0 Å². The maximum atomic E-state index is 10.1. The van der Waals surface area contributed by atoms with Gasteiger partial charge >= 0.3 is 5.97 Å². The zero-order valence-electron chi connectivity index (χ0n) is 25.6. The molecule has 0 saturated carbocycles. The van der Waals surface area contributed by atoms with Gasteiger partial charge in [-0.25, -0.2) is 9.78 Å². The van der Waals surface area contributed by atoms with Crippen LogP contribution >= 0.6 is 0 Å². The topological polar surface area (TPSA) is 79.2 Å². The van der Waals surface area contributed by atoms with E-state index in [1.165, 1.54) is 12.3 Å². The number of aromatic carboxylic acids is 1. The van der Waals surface area contributed by atoms with E-state index in [2.05, 4.69) is 101 Å². The van der Waals surface area contributed by atoms with Gasteiger partial charge in [0.1, 0.15) is 5.69 Å². The molecule has 0 aliphatic carbocycles. The number of hydrogen-bond acceptors (Lipinski definition) is 5. The van der Waals surface area contributed by atoms with Crippen molar-refractivity contribution >= 4 is 23.0 Å². The molecule has 1 aliphatic heterocycles. The molecule has 7 heteroatoms. The van der Waals surface area contributed by atoms with E-state index in [0.29, 0.717) is 0 Å². The Balaban J connectivity index is 0.000000351. The van der Waals surface area contributed by atoms with Gasteiger partial charge in [-0.05, 0) is 59.8 Å². The maximum absolute atomic E-state index is 10.1. The predicted molar refractivity (Wildman–Crippen MR) is 183 cm³/mol. The fourth-order valence-corrected chi connectivity index (χ4v) is 6.10. The molecule has 0 bridgehead atoms. The summed E-state index contributed by atoms with van der Waals surface area (Å²) in [5.41, 5.74) is 8.31. The van der Waals surface area contributed by atoms with Crippen LogP contribution in [-0.4, -0.2) is 26.0 Å². The normalized spacial score (nSPS) is 14.3. The van der Waals surface area contributed by atoms with Crippen LogP contribution in [0.15, 0.2) is 164 Å². The smallest absolute Gasteiger partial charge is 0.354 e. The first-order chi connectivity index (χ1) is 23.2. The second-order valence-electron chi connectivity index (χ2n) is 10.8. The Hall–Kier alpha value is -5.75.